The number of halogens is 2. The molecule has 1 heterocycles. The predicted octanol–water partition coefficient (Wildman–Crippen LogP) is 4.80. The lowest BCUT2D eigenvalue weighted by atomic mass is 10.2. The lowest BCUT2D eigenvalue weighted by Crippen LogP contribution is -2.13. The molecule has 0 aliphatic heterocycles. The van der Waals surface area contributed by atoms with Crippen LogP contribution in [0, 0.1) is 6.92 Å². The van der Waals surface area contributed by atoms with Gasteiger partial charge in [-0.1, -0.05) is 47.5 Å². The molecule has 24 heavy (non-hydrogen) atoms. The van der Waals surface area contributed by atoms with Gasteiger partial charge in [0.2, 0.25) is 0 Å². The Balaban J connectivity index is 1.77. The van der Waals surface area contributed by atoms with Crippen LogP contribution in [0.2, 0.25) is 10.0 Å². The Morgan fingerprint density at radius 2 is 1.92 bits per heavy atom. The third-order valence-electron chi connectivity index (χ3n) is 3.56. The molecule has 3 rings (SSSR count). The summed E-state index contributed by atoms with van der Waals surface area (Å²) in [7, 11) is 0. The molecule has 3 aromatic rings. The van der Waals surface area contributed by atoms with Crippen molar-refractivity contribution in [3.63, 3.8) is 0 Å². The van der Waals surface area contributed by atoms with E-state index in [1.807, 2.05) is 41.9 Å². The van der Waals surface area contributed by atoms with Crippen molar-refractivity contribution in [1.29, 1.82) is 0 Å². The van der Waals surface area contributed by atoms with Crippen molar-refractivity contribution < 1.29 is 4.79 Å². The zero-order chi connectivity index (χ0) is 17.1. The third kappa shape index (κ3) is 3.78. The maximum absolute atomic E-state index is 12.3. The van der Waals surface area contributed by atoms with E-state index in [9.17, 15) is 4.79 Å². The van der Waals surface area contributed by atoms with Crippen LogP contribution in [0.4, 0.5) is 5.82 Å². The Labute approximate surface area is 150 Å². The average molecular weight is 360 g/mol. The van der Waals surface area contributed by atoms with Gasteiger partial charge in [0.1, 0.15) is 0 Å². The second-order valence-electron chi connectivity index (χ2n) is 5.39. The number of carbonyl (C=O) groups is 1. The van der Waals surface area contributed by atoms with Gasteiger partial charge in [0.05, 0.1) is 17.1 Å². The van der Waals surface area contributed by atoms with E-state index in [4.69, 9.17) is 23.2 Å². The van der Waals surface area contributed by atoms with Gasteiger partial charge in [0, 0.05) is 16.8 Å². The van der Waals surface area contributed by atoms with Crippen LogP contribution in [-0.4, -0.2) is 15.7 Å². The standard InChI is InChI=1S/C18H15Cl2N3O/c1-12-9-17(21-18(24)15-7-2-3-8-16(15)20)22-23(12)11-13-5-4-6-14(19)10-13/h2-10H,11H2,1H3,(H,21,22,24). The van der Waals surface area contributed by atoms with Gasteiger partial charge in [0.25, 0.3) is 5.91 Å². The number of rotatable bonds is 4. The fourth-order valence-corrected chi connectivity index (χ4v) is 2.80. The van der Waals surface area contributed by atoms with E-state index in [-0.39, 0.29) is 5.91 Å². The Kier molecular flexibility index (Phi) is 4.88. The van der Waals surface area contributed by atoms with Gasteiger partial charge in [-0.15, -0.1) is 0 Å². The van der Waals surface area contributed by atoms with Crippen molar-refractivity contribution in [1.82, 2.24) is 9.78 Å². The van der Waals surface area contributed by atoms with Gasteiger partial charge in [-0.05, 0) is 36.8 Å². The Morgan fingerprint density at radius 1 is 1.12 bits per heavy atom. The van der Waals surface area contributed by atoms with Crippen molar-refractivity contribution in [2.75, 3.05) is 5.32 Å². The first-order valence-corrected chi connectivity index (χ1v) is 8.13. The minimum atomic E-state index is -0.284. The zero-order valence-electron chi connectivity index (χ0n) is 13.0. The van der Waals surface area contributed by atoms with Crippen LogP contribution in [0.3, 0.4) is 0 Å². The van der Waals surface area contributed by atoms with Gasteiger partial charge < -0.3 is 5.32 Å². The quantitative estimate of drug-likeness (QED) is 0.727. The first kappa shape index (κ1) is 16.6. The average Bonchev–Trinajstić information content (AvgIpc) is 2.87. The van der Waals surface area contributed by atoms with Crippen molar-refractivity contribution in [2.24, 2.45) is 0 Å². The summed E-state index contributed by atoms with van der Waals surface area (Å²) >= 11 is 12.1. The SMILES string of the molecule is Cc1cc(NC(=O)c2ccccc2Cl)nn1Cc1cccc(Cl)c1. The van der Waals surface area contributed by atoms with E-state index >= 15 is 0 Å². The van der Waals surface area contributed by atoms with Crippen molar-refractivity contribution >= 4 is 34.9 Å². The highest BCUT2D eigenvalue weighted by atomic mass is 35.5. The van der Waals surface area contributed by atoms with E-state index in [0.717, 1.165) is 11.3 Å². The van der Waals surface area contributed by atoms with E-state index in [2.05, 4.69) is 10.4 Å². The first-order valence-electron chi connectivity index (χ1n) is 7.38. The molecule has 0 aliphatic carbocycles. The largest absolute Gasteiger partial charge is 0.305 e. The van der Waals surface area contributed by atoms with Gasteiger partial charge in [0.15, 0.2) is 5.82 Å². The molecule has 0 bridgehead atoms. The van der Waals surface area contributed by atoms with Crippen LogP contribution < -0.4 is 5.32 Å². The molecule has 0 unspecified atom stereocenters. The fourth-order valence-electron chi connectivity index (χ4n) is 2.37. The van der Waals surface area contributed by atoms with Crippen LogP contribution in [0.1, 0.15) is 21.6 Å². The lowest BCUT2D eigenvalue weighted by molar-refractivity contribution is 0.102. The third-order valence-corrected chi connectivity index (χ3v) is 4.13. The molecule has 122 valence electrons. The van der Waals surface area contributed by atoms with Gasteiger partial charge in [-0.2, -0.15) is 5.10 Å². The maximum Gasteiger partial charge on any atom is 0.258 e. The van der Waals surface area contributed by atoms with Crippen LogP contribution in [0.5, 0.6) is 0 Å². The molecule has 0 radical (unpaired) electrons. The summed E-state index contributed by atoms with van der Waals surface area (Å²) in [5.41, 5.74) is 2.39. The summed E-state index contributed by atoms with van der Waals surface area (Å²) in [4.78, 5) is 12.3. The van der Waals surface area contributed by atoms with Gasteiger partial charge >= 0.3 is 0 Å². The number of nitrogens with zero attached hydrogens (tertiary/aromatic N) is 2. The number of anilines is 1. The van der Waals surface area contributed by atoms with E-state index in [1.165, 1.54) is 0 Å². The molecule has 2 aromatic carbocycles. The first-order chi connectivity index (χ1) is 11.5. The van der Waals surface area contributed by atoms with Gasteiger partial charge in [-0.3, -0.25) is 9.48 Å². The monoisotopic (exact) mass is 359 g/mol. The normalized spacial score (nSPS) is 10.6. The molecule has 0 saturated heterocycles. The minimum Gasteiger partial charge on any atom is -0.305 e. The minimum absolute atomic E-state index is 0.284. The summed E-state index contributed by atoms with van der Waals surface area (Å²) < 4.78 is 1.81. The molecule has 1 aromatic heterocycles. The number of aryl methyl sites for hydroxylation is 1. The van der Waals surface area contributed by atoms with E-state index in [1.54, 1.807) is 24.3 Å². The van der Waals surface area contributed by atoms with Crippen molar-refractivity contribution in [2.45, 2.75) is 13.5 Å². The Morgan fingerprint density at radius 3 is 2.67 bits per heavy atom. The molecule has 1 N–H and O–H groups in total. The molecule has 6 heteroatoms. The smallest absolute Gasteiger partial charge is 0.258 e. The van der Waals surface area contributed by atoms with Crippen LogP contribution in [0.25, 0.3) is 0 Å². The molecular formula is C18H15Cl2N3O. The predicted molar refractivity (Wildman–Crippen MR) is 96.9 cm³/mol. The van der Waals surface area contributed by atoms with Crippen LogP contribution in [-0.2, 0) is 6.54 Å². The van der Waals surface area contributed by atoms with Crippen molar-refractivity contribution in [3.8, 4) is 0 Å². The summed E-state index contributed by atoms with van der Waals surface area (Å²) in [6.45, 7) is 2.51. The van der Waals surface area contributed by atoms with Crippen molar-refractivity contribution in [3.05, 3.63) is 81.5 Å². The van der Waals surface area contributed by atoms with Gasteiger partial charge in [-0.25, -0.2) is 0 Å². The fraction of sp³-hybridized carbons (Fsp3) is 0.111. The Hall–Kier alpha value is -2.30. The molecule has 0 spiro atoms. The van der Waals surface area contributed by atoms with E-state index in [0.29, 0.717) is 28.0 Å². The molecule has 4 nitrogen and oxygen atoms in total. The number of amides is 1. The van der Waals surface area contributed by atoms with Crippen LogP contribution >= 0.6 is 23.2 Å². The number of hydrogen-bond donors (Lipinski definition) is 1. The maximum atomic E-state index is 12.3. The highest BCUT2D eigenvalue weighted by Gasteiger charge is 2.12. The zero-order valence-corrected chi connectivity index (χ0v) is 14.5. The summed E-state index contributed by atoms with van der Waals surface area (Å²) in [5, 5.41) is 8.30. The van der Waals surface area contributed by atoms with E-state index < -0.39 is 0 Å². The highest BCUT2D eigenvalue weighted by Crippen LogP contribution is 2.18. The molecule has 0 fully saturated rings. The number of aromatic nitrogens is 2. The number of benzene rings is 2. The molecule has 0 atom stereocenters. The second kappa shape index (κ2) is 7.07. The molecular weight excluding hydrogens is 345 g/mol. The molecule has 0 saturated carbocycles. The number of hydrogen-bond acceptors (Lipinski definition) is 2. The highest BCUT2D eigenvalue weighted by molar-refractivity contribution is 6.34. The number of carbonyl (C=O) groups excluding carboxylic acids is 1. The summed E-state index contributed by atoms with van der Waals surface area (Å²) in [6.07, 6.45) is 0. The Bertz CT molecular complexity index is 889. The molecule has 1 amide bonds. The summed E-state index contributed by atoms with van der Waals surface area (Å²) in [6, 6.07) is 16.3. The van der Waals surface area contributed by atoms with Crippen LogP contribution in [0.15, 0.2) is 54.6 Å². The topological polar surface area (TPSA) is 46.9 Å². The molecule has 0 aliphatic rings. The second-order valence-corrected chi connectivity index (χ2v) is 6.24. The number of nitrogens with one attached hydrogen (secondary N) is 1. The summed E-state index contributed by atoms with van der Waals surface area (Å²) in [5.74, 6) is 0.201. The lowest BCUT2D eigenvalue weighted by Gasteiger charge is -2.05.